The van der Waals surface area contributed by atoms with E-state index in [2.05, 4.69) is 29.4 Å². The zero-order valence-corrected chi connectivity index (χ0v) is 11.6. The molecule has 2 rings (SSSR count). The summed E-state index contributed by atoms with van der Waals surface area (Å²) < 4.78 is 0. The number of amides is 1. The smallest absolute Gasteiger partial charge is 0.266 e. The fourth-order valence-corrected chi connectivity index (χ4v) is 2.78. The Balaban J connectivity index is 2.11. The second kappa shape index (κ2) is 5.35. The number of carbonyl (C=O) groups is 1. The Morgan fingerprint density at radius 1 is 1.44 bits per heavy atom. The van der Waals surface area contributed by atoms with Crippen LogP contribution in [0.25, 0.3) is 0 Å². The third-order valence-electron chi connectivity index (χ3n) is 2.71. The van der Waals surface area contributed by atoms with Gasteiger partial charge in [-0.2, -0.15) is 5.10 Å². The van der Waals surface area contributed by atoms with Crippen LogP contribution in [-0.2, 0) is 6.42 Å². The molecule has 5 heteroatoms. The van der Waals surface area contributed by atoms with Crippen molar-refractivity contribution in [3.05, 3.63) is 33.1 Å². The summed E-state index contributed by atoms with van der Waals surface area (Å²) in [6, 6.07) is 3.80. The van der Waals surface area contributed by atoms with Crippen LogP contribution < -0.4 is 5.32 Å². The number of aryl methyl sites for hydroxylation is 3. The number of hydrogen-bond donors (Lipinski definition) is 2. The minimum atomic E-state index is -0.0862. The Bertz CT molecular complexity index is 556. The zero-order valence-electron chi connectivity index (χ0n) is 10.8. The third kappa shape index (κ3) is 2.79. The van der Waals surface area contributed by atoms with Crippen LogP contribution in [0.1, 0.15) is 39.2 Å². The summed E-state index contributed by atoms with van der Waals surface area (Å²) in [5.74, 6) is 0.484. The number of thiophene rings is 1. The van der Waals surface area contributed by atoms with E-state index in [1.165, 1.54) is 21.8 Å². The SMILES string of the molecule is CCCc1cc(C(=O)Nc2cc(C)[nH]n2)sc1C. The molecule has 2 N–H and O–H groups in total. The van der Waals surface area contributed by atoms with Crippen molar-refractivity contribution in [2.75, 3.05) is 5.32 Å². The minimum absolute atomic E-state index is 0.0862. The van der Waals surface area contributed by atoms with Crippen LogP contribution in [0.5, 0.6) is 0 Å². The Labute approximate surface area is 110 Å². The monoisotopic (exact) mass is 263 g/mol. The van der Waals surface area contributed by atoms with Crippen molar-refractivity contribution in [1.29, 1.82) is 0 Å². The van der Waals surface area contributed by atoms with Crippen LogP contribution in [-0.4, -0.2) is 16.1 Å². The van der Waals surface area contributed by atoms with Gasteiger partial charge in [-0.1, -0.05) is 13.3 Å². The van der Waals surface area contributed by atoms with E-state index in [1.807, 2.05) is 19.1 Å². The Hall–Kier alpha value is -1.62. The Morgan fingerprint density at radius 3 is 2.83 bits per heavy atom. The summed E-state index contributed by atoms with van der Waals surface area (Å²) in [6.45, 7) is 6.10. The summed E-state index contributed by atoms with van der Waals surface area (Å²) in [5, 5.41) is 9.59. The van der Waals surface area contributed by atoms with E-state index in [-0.39, 0.29) is 5.91 Å². The summed E-state index contributed by atoms with van der Waals surface area (Å²) >= 11 is 1.54. The van der Waals surface area contributed by atoms with Gasteiger partial charge in [0.15, 0.2) is 5.82 Å². The van der Waals surface area contributed by atoms with Crippen molar-refractivity contribution in [2.24, 2.45) is 0 Å². The number of H-pyrrole nitrogens is 1. The van der Waals surface area contributed by atoms with Gasteiger partial charge in [-0.25, -0.2) is 0 Å². The van der Waals surface area contributed by atoms with Crippen LogP contribution in [0.15, 0.2) is 12.1 Å². The first-order chi connectivity index (χ1) is 8.60. The molecule has 0 bridgehead atoms. The first-order valence-corrected chi connectivity index (χ1v) is 6.84. The molecule has 0 saturated carbocycles. The number of nitrogens with one attached hydrogen (secondary N) is 2. The third-order valence-corrected chi connectivity index (χ3v) is 3.80. The summed E-state index contributed by atoms with van der Waals surface area (Å²) in [4.78, 5) is 14.0. The summed E-state index contributed by atoms with van der Waals surface area (Å²) in [7, 11) is 0. The van der Waals surface area contributed by atoms with Gasteiger partial charge in [-0.3, -0.25) is 9.89 Å². The molecule has 0 aromatic carbocycles. The predicted octanol–water partition coefficient (Wildman–Crippen LogP) is 3.29. The number of aromatic amines is 1. The second-order valence-corrected chi connectivity index (χ2v) is 5.59. The van der Waals surface area contributed by atoms with Crippen LogP contribution in [0.2, 0.25) is 0 Å². The van der Waals surface area contributed by atoms with E-state index in [0.29, 0.717) is 5.82 Å². The first-order valence-electron chi connectivity index (χ1n) is 6.02. The van der Waals surface area contributed by atoms with Gasteiger partial charge in [0.2, 0.25) is 0 Å². The minimum Gasteiger partial charge on any atom is -0.304 e. The topological polar surface area (TPSA) is 57.8 Å². The maximum absolute atomic E-state index is 12.0. The Kier molecular flexibility index (Phi) is 3.81. The average molecular weight is 263 g/mol. The van der Waals surface area contributed by atoms with Gasteiger partial charge in [0.25, 0.3) is 5.91 Å². The molecule has 0 atom stereocenters. The highest BCUT2D eigenvalue weighted by atomic mass is 32.1. The highest BCUT2D eigenvalue weighted by Gasteiger charge is 2.13. The van der Waals surface area contributed by atoms with Crippen molar-refractivity contribution >= 4 is 23.1 Å². The lowest BCUT2D eigenvalue weighted by atomic mass is 10.1. The molecule has 0 aliphatic heterocycles. The van der Waals surface area contributed by atoms with Gasteiger partial charge in [0.1, 0.15) is 0 Å². The van der Waals surface area contributed by atoms with Crippen molar-refractivity contribution in [2.45, 2.75) is 33.6 Å². The van der Waals surface area contributed by atoms with Crippen LogP contribution in [0, 0.1) is 13.8 Å². The van der Waals surface area contributed by atoms with Crippen LogP contribution in [0.3, 0.4) is 0 Å². The van der Waals surface area contributed by atoms with E-state index in [1.54, 1.807) is 0 Å². The second-order valence-electron chi connectivity index (χ2n) is 4.33. The number of rotatable bonds is 4. The molecule has 0 radical (unpaired) electrons. The molecule has 0 aliphatic rings. The molecule has 0 fully saturated rings. The molecule has 2 aromatic heterocycles. The Morgan fingerprint density at radius 2 is 2.22 bits per heavy atom. The van der Waals surface area contributed by atoms with Crippen LogP contribution in [0.4, 0.5) is 5.82 Å². The molecule has 0 aliphatic carbocycles. The molecule has 2 heterocycles. The highest BCUT2D eigenvalue weighted by Crippen LogP contribution is 2.23. The van der Waals surface area contributed by atoms with Gasteiger partial charge in [-0.05, 0) is 31.9 Å². The average Bonchev–Trinajstić information content (AvgIpc) is 2.87. The predicted molar refractivity (Wildman–Crippen MR) is 74.3 cm³/mol. The van der Waals surface area contributed by atoms with Gasteiger partial charge in [0, 0.05) is 16.6 Å². The summed E-state index contributed by atoms with van der Waals surface area (Å²) in [5.41, 5.74) is 2.20. The van der Waals surface area contributed by atoms with E-state index in [9.17, 15) is 4.79 Å². The quantitative estimate of drug-likeness (QED) is 0.889. The van der Waals surface area contributed by atoms with Gasteiger partial charge in [-0.15, -0.1) is 11.3 Å². The lowest BCUT2D eigenvalue weighted by molar-refractivity contribution is 0.103. The number of anilines is 1. The molecular weight excluding hydrogens is 246 g/mol. The lowest BCUT2D eigenvalue weighted by Gasteiger charge is -1.97. The zero-order chi connectivity index (χ0) is 13.1. The number of carbonyl (C=O) groups excluding carboxylic acids is 1. The van der Waals surface area contributed by atoms with E-state index in [0.717, 1.165) is 23.4 Å². The normalized spacial score (nSPS) is 10.6. The van der Waals surface area contributed by atoms with Crippen molar-refractivity contribution in [3.8, 4) is 0 Å². The number of nitrogens with zero attached hydrogens (tertiary/aromatic N) is 1. The molecular formula is C13H17N3OS. The van der Waals surface area contributed by atoms with Crippen molar-refractivity contribution in [3.63, 3.8) is 0 Å². The number of aromatic nitrogens is 2. The number of hydrogen-bond acceptors (Lipinski definition) is 3. The molecule has 18 heavy (non-hydrogen) atoms. The molecule has 1 amide bonds. The molecule has 0 unspecified atom stereocenters. The largest absolute Gasteiger partial charge is 0.304 e. The molecule has 0 spiro atoms. The fraction of sp³-hybridized carbons (Fsp3) is 0.385. The van der Waals surface area contributed by atoms with E-state index < -0.39 is 0 Å². The maximum atomic E-state index is 12.0. The van der Waals surface area contributed by atoms with E-state index in [4.69, 9.17) is 0 Å². The van der Waals surface area contributed by atoms with Crippen LogP contribution >= 0.6 is 11.3 Å². The fourth-order valence-electron chi connectivity index (χ4n) is 1.81. The van der Waals surface area contributed by atoms with E-state index >= 15 is 0 Å². The molecule has 4 nitrogen and oxygen atoms in total. The first kappa shape index (κ1) is 12.8. The standard InChI is InChI=1S/C13H17N3OS/c1-4-5-10-7-11(18-9(10)3)13(17)14-12-6-8(2)15-16-12/h6-7H,4-5H2,1-3H3,(H2,14,15,16,17). The van der Waals surface area contributed by atoms with Crippen molar-refractivity contribution in [1.82, 2.24) is 10.2 Å². The maximum Gasteiger partial charge on any atom is 0.266 e. The van der Waals surface area contributed by atoms with Crippen molar-refractivity contribution < 1.29 is 4.79 Å². The van der Waals surface area contributed by atoms with Gasteiger partial charge >= 0.3 is 0 Å². The molecule has 96 valence electrons. The van der Waals surface area contributed by atoms with Gasteiger partial charge in [0.05, 0.1) is 4.88 Å². The molecule has 0 saturated heterocycles. The highest BCUT2D eigenvalue weighted by molar-refractivity contribution is 7.14. The summed E-state index contributed by atoms with van der Waals surface area (Å²) in [6.07, 6.45) is 2.12. The van der Waals surface area contributed by atoms with Gasteiger partial charge < -0.3 is 5.32 Å². The molecule has 2 aromatic rings. The lowest BCUT2D eigenvalue weighted by Crippen LogP contribution is -2.10.